The molecule has 0 saturated carbocycles. The van der Waals surface area contributed by atoms with Gasteiger partial charge in [-0.05, 0) is 7.05 Å². The van der Waals surface area contributed by atoms with Gasteiger partial charge in [0.05, 0.1) is 13.2 Å². The number of nitrogens with one attached hydrogen (secondary N) is 1. The van der Waals surface area contributed by atoms with Crippen molar-refractivity contribution in [3.8, 4) is 0 Å². The first-order valence-electron chi connectivity index (χ1n) is 8.29. The highest BCUT2D eigenvalue weighted by atomic mass is 16.5. The molecule has 3 heterocycles. The van der Waals surface area contributed by atoms with Gasteiger partial charge in [0.15, 0.2) is 5.79 Å². The van der Waals surface area contributed by atoms with E-state index in [1.165, 1.54) is 0 Å². The highest BCUT2D eigenvalue weighted by Gasteiger charge is 2.32. The third-order valence-corrected chi connectivity index (χ3v) is 4.58. The smallest absolute Gasteiger partial charge is 0.222 e. The van der Waals surface area contributed by atoms with E-state index in [1.54, 1.807) is 0 Å². The zero-order valence-electron chi connectivity index (χ0n) is 13.9. The van der Waals surface area contributed by atoms with Crippen LogP contribution in [0.2, 0.25) is 0 Å². The number of nitrogens with zero attached hydrogens (tertiary/aromatic N) is 5. The second kappa shape index (κ2) is 7.00. The molecule has 0 aromatic rings. The molecular formula is C14H28N8O. The molecule has 5 N–H and O–H groups in total. The maximum absolute atomic E-state index is 6.44. The Labute approximate surface area is 137 Å². The van der Waals surface area contributed by atoms with Crippen LogP contribution in [0.25, 0.3) is 0 Å². The molecule has 1 unspecified atom stereocenters. The van der Waals surface area contributed by atoms with Crippen LogP contribution in [0.5, 0.6) is 0 Å². The number of ether oxygens (including phenoxy) is 1. The summed E-state index contributed by atoms with van der Waals surface area (Å²) in [5, 5.41) is 3.27. The molecular weight excluding hydrogens is 296 g/mol. The molecule has 0 aliphatic carbocycles. The van der Waals surface area contributed by atoms with Crippen LogP contribution in [0.15, 0.2) is 9.98 Å². The summed E-state index contributed by atoms with van der Waals surface area (Å²) in [6.45, 7) is 8.17. The summed E-state index contributed by atoms with van der Waals surface area (Å²) in [5.74, 6) is 0.0656. The summed E-state index contributed by atoms with van der Waals surface area (Å²) >= 11 is 0. The Morgan fingerprint density at radius 2 is 1.87 bits per heavy atom. The molecule has 1 atom stereocenters. The predicted octanol–water partition coefficient (Wildman–Crippen LogP) is -2.16. The van der Waals surface area contributed by atoms with Gasteiger partial charge in [-0.2, -0.15) is 4.99 Å². The SMILES string of the molecule is CN1CCN(CCC2(N)N=C(N)N=C(N3CCOCC3)N2)CC1. The summed E-state index contributed by atoms with van der Waals surface area (Å²) in [6, 6.07) is 0. The lowest BCUT2D eigenvalue weighted by atomic mass is 10.2. The Morgan fingerprint density at radius 1 is 1.17 bits per heavy atom. The molecule has 2 fully saturated rings. The first-order valence-corrected chi connectivity index (χ1v) is 8.29. The van der Waals surface area contributed by atoms with Crippen LogP contribution >= 0.6 is 0 Å². The molecule has 2 saturated heterocycles. The maximum Gasteiger partial charge on any atom is 0.222 e. The van der Waals surface area contributed by atoms with Crippen molar-refractivity contribution >= 4 is 11.9 Å². The number of likely N-dealkylation sites (N-methyl/N-ethyl adjacent to an activating group) is 1. The summed E-state index contributed by atoms with van der Waals surface area (Å²) < 4.78 is 5.38. The number of aliphatic imine (C=N–C) groups is 2. The van der Waals surface area contributed by atoms with Crippen LogP contribution in [0.4, 0.5) is 0 Å². The Balaban J connectivity index is 1.57. The van der Waals surface area contributed by atoms with E-state index in [0.29, 0.717) is 25.6 Å². The average Bonchev–Trinajstić information content (AvgIpc) is 2.54. The minimum absolute atomic E-state index is 0.242. The highest BCUT2D eigenvalue weighted by Crippen LogP contribution is 2.13. The minimum Gasteiger partial charge on any atom is -0.378 e. The van der Waals surface area contributed by atoms with E-state index < -0.39 is 5.79 Å². The fourth-order valence-electron chi connectivity index (χ4n) is 3.03. The average molecular weight is 324 g/mol. The van der Waals surface area contributed by atoms with E-state index >= 15 is 0 Å². The molecule has 9 heteroatoms. The van der Waals surface area contributed by atoms with Crippen LogP contribution in [0.3, 0.4) is 0 Å². The van der Waals surface area contributed by atoms with Gasteiger partial charge < -0.3 is 30.5 Å². The van der Waals surface area contributed by atoms with Crippen molar-refractivity contribution in [3.05, 3.63) is 0 Å². The van der Waals surface area contributed by atoms with Gasteiger partial charge in [-0.3, -0.25) is 5.73 Å². The molecule has 3 rings (SSSR count). The van der Waals surface area contributed by atoms with Gasteiger partial charge in [0.2, 0.25) is 11.9 Å². The summed E-state index contributed by atoms with van der Waals surface area (Å²) in [4.78, 5) is 15.5. The van der Waals surface area contributed by atoms with E-state index in [1.807, 2.05) is 0 Å². The van der Waals surface area contributed by atoms with Crippen LogP contribution in [0.1, 0.15) is 6.42 Å². The van der Waals surface area contributed by atoms with Crippen LogP contribution in [-0.4, -0.2) is 98.5 Å². The molecule has 0 aromatic heterocycles. The van der Waals surface area contributed by atoms with E-state index in [4.69, 9.17) is 16.2 Å². The monoisotopic (exact) mass is 324 g/mol. The van der Waals surface area contributed by atoms with Gasteiger partial charge in [0.1, 0.15) is 0 Å². The molecule has 0 bridgehead atoms. The zero-order chi connectivity index (χ0) is 16.3. The normalized spacial score (nSPS) is 30.6. The third-order valence-electron chi connectivity index (χ3n) is 4.58. The zero-order valence-corrected chi connectivity index (χ0v) is 13.9. The van der Waals surface area contributed by atoms with E-state index in [0.717, 1.165) is 45.8 Å². The van der Waals surface area contributed by atoms with Crippen molar-refractivity contribution in [1.29, 1.82) is 0 Å². The minimum atomic E-state index is -0.886. The summed E-state index contributed by atoms with van der Waals surface area (Å²) in [6.07, 6.45) is 0.695. The van der Waals surface area contributed by atoms with Crippen LogP contribution in [0, 0.1) is 0 Å². The van der Waals surface area contributed by atoms with Crippen LogP contribution in [-0.2, 0) is 4.74 Å². The maximum atomic E-state index is 6.44. The number of nitrogens with two attached hydrogens (primary N) is 2. The molecule has 0 aromatic carbocycles. The van der Waals surface area contributed by atoms with Gasteiger partial charge in [0, 0.05) is 52.2 Å². The van der Waals surface area contributed by atoms with Crippen molar-refractivity contribution in [1.82, 2.24) is 20.0 Å². The lowest BCUT2D eigenvalue weighted by Gasteiger charge is -2.39. The van der Waals surface area contributed by atoms with Gasteiger partial charge in [-0.25, -0.2) is 4.99 Å². The number of morpholine rings is 1. The van der Waals surface area contributed by atoms with E-state index in [9.17, 15) is 0 Å². The largest absolute Gasteiger partial charge is 0.378 e. The summed E-state index contributed by atoms with van der Waals surface area (Å²) in [5.41, 5.74) is 12.3. The molecule has 0 amide bonds. The lowest BCUT2D eigenvalue weighted by molar-refractivity contribution is 0.0650. The van der Waals surface area contributed by atoms with Crippen LogP contribution < -0.4 is 16.8 Å². The number of hydrogen-bond acceptors (Lipinski definition) is 9. The standard InChI is InChI=1S/C14H28N8O/c1-20-4-6-21(7-5-20)3-2-14(16)18-12(15)17-13(19-14)22-8-10-23-11-9-22/h2-11,16H2,1H3,(H3,15,17,18,19). The quantitative estimate of drug-likeness (QED) is 0.543. The number of piperazine rings is 1. The molecule has 3 aliphatic heterocycles. The molecule has 3 aliphatic rings. The third kappa shape index (κ3) is 4.31. The Bertz CT molecular complexity index is 467. The molecule has 0 spiro atoms. The first kappa shape index (κ1) is 16.4. The van der Waals surface area contributed by atoms with Crippen molar-refractivity contribution < 1.29 is 4.74 Å². The van der Waals surface area contributed by atoms with Gasteiger partial charge in [-0.15, -0.1) is 0 Å². The van der Waals surface area contributed by atoms with Crippen molar-refractivity contribution in [2.75, 3.05) is 66.1 Å². The van der Waals surface area contributed by atoms with Gasteiger partial charge in [-0.1, -0.05) is 0 Å². The molecule has 9 nitrogen and oxygen atoms in total. The second-order valence-electron chi connectivity index (χ2n) is 6.45. The molecule has 130 valence electrons. The van der Waals surface area contributed by atoms with E-state index in [2.05, 4.69) is 37.0 Å². The van der Waals surface area contributed by atoms with Crippen molar-refractivity contribution in [2.24, 2.45) is 21.5 Å². The van der Waals surface area contributed by atoms with Crippen molar-refractivity contribution in [2.45, 2.75) is 12.2 Å². The number of rotatable bonds is 3. The fourth-order valence-corrected chi connectivity index (χ4v) is 3.03. The highest BCUT2D eigenvalue weighted by molar-refractivity contribution is 5.96. The first-order chi connectivity index (χ1) is 11.0. The fraction of sp³-hybridized carbons (Fsp3) is 0.857. The second-order valence-corrected chi connectivity index (χ2v) is 6.45. The predicted molar refractivity (Wildman–Crippen MR) is 90.1 cm³/mol. The summed E-state index contributed by atoms with van der Waals surface area (Å²) in [7, 11) is 2.15. The lowest BCUT2D eigenvalue weighted by Crippen LogP contribution is -2.63. The Morgan fingerprint density at radius 3 is 2.57 bits per heavy atom. The topological polar surface area (TPSA) is 108 Å². The Kier molecular flexibility index (Phi) is 5.00. The number of hydrogen-bond donors (Lipinski definition) is 3. The number of guanidine groups is 2. The Hall–Kier alpha value is -1.42. The van der Waals surface area contributed by atoms with E-state index in [-0.39, 0.29) is 5.96 Å². The molecule has 0 radical (unpaired) electrons. The van der Waals surface area contributed by atoms with Crippen molar-refractivity contribution in [3.63, 3.8) is 0 Å². The van der Waals surface area contributed by atoms with Gasteiger partial charge in [0.25, 0.3) is 0 Å². The van der Waals surface area contributed by atoms with Gasteiger partial charge >= 0.3 is 0 Å². The molecule has 23 heavy (non-hydrogen) atoms.